The van der Waals surface area contributed by atoms with Crippen molar-refractivity contribution in [3.8, 4) is 0 Å². The summed E-state index contributed by atoms with van der Waals surface area (Å²) in [7, 11) is 0. The fourth-order valence-electron chi connectivity index (χ4n) is 3.94. The topological polar surface area (TPSA) is 68.5 Å². The average Bonchev–Trinajstić information content (AvgIpc) is 3.00. The molecule has 1 aromatic heterocycles. The van der Waals surface area contributed by atoms with Crippen LogP contribution in [0.2, 0.25) is 0 Å². The highest BCUT2D eigenvalue weighted by atomic mass is 16.5. The summed E-state index contributed by atoms with van der Waals surface area (Å²) in [4.78, 5) is 19.9. The van der Waals surface area contributed by atoms with Crippen LogP contribution in [0.4, 0.5) is 0 Å². The van der Waals surface area contributed by atoms with Gasteiger partial charge in [0.25, 0.3) is 0 Å². The van der Waals surface area contributed by atoms with E-state index in [4.69, 9.17) is 9.26 Å². The van der Waals surface area contributed by atoms with Crippen LogP contribution in [0.5, 0.6) is 0 Å². The number of likely N-dealkylation sites (tertiary alicyclic amines) is 1. The summed E-state index contributed by atoms with van der Waals surface area (Å²) < 4.78 is 10.9. The van der Waals surface area contributed by atoms with Crippen molar-refractivity contribution < 1.29 is 14.1 Å². The molecule has 0 radical (unpaired) electrons. The van der Waals surface area contributed by atoms with Gasteiger partial charge in [-0.2, -0.15) is 4.98 Å². The van der Waals surface area contributed by atoms with E-state index in [1.54, 1.807) is 0 Å². The van der Waals surface area contributed by atoms with Gasteiger partial charge < -0.3 is 14.2 Å². The minimum atomic E-state index is -0.0476. The fourth-order valence-corrected chi connectivity index (χ4v) is 3.94. The van der Waals surface area contributed by atoms with Crippen LogP contribution in [0, 0.1) is 11.8 Å². The Morgan fingerprint density at radius 2 is 1.88 bits per heavy atom. The lowest BCUT2D eigenvalue weighted by atomic mass is 9.86. The van der Waals surface area contributed by atoms with Gasteiger partial charge in [0.15, 0.2) is 5.82 Å². The van der Waals surface area contributed by atoms with Crippen LogP contribution >= 0.6 is 0 Å². The van der Waals surface area contributed by atoms with Gasteiger partial charge in [-0.1, -0.05) is 38.8 Å². The van der Waals surface area contributed by atoms with Gasteiger partial charge in [0.05, 0.1) is 6.04 Å². The number of aromatic nitrogens is 2. The molecular formula is C19H31N3O3. The molecule has 0 bridgehead atoms. The van der Waals surface area contributed by atoms with Crippen molar-refractivity contribution in [2.45, 2.75) is 71.3 Å². The maximum atomic E-state index is 13.3. The first-order valence-electron chi connectivity index (χ1n) is 9.79. The molecular weight excluding hydrogens is 318 g/mol. The van der Waals surface area contributed by atoms with Crippen molar-refractivity contribution in [3.63, 3.8) is 0 Å². The van der Waals surface area contributed by atoms with Crippen LogP contribution in [0.15, 0.2) is 4.52 Å². The van der Waals surface area contributed by atoms with E-state index in [0.717, 1.165) is 58.3 Å². The van der Waals surface area contributed by atoms with Crippen LogP contribution in [-0.4, -0.2) is 40.7 Å². The first kappa shape index (κ1) is 18.4. The van der Waals surface area contributed by atoms with E-state index < -0.39 is 0 Å². The molecule has 2 unspecified atom stereocenters. The summed E-state index contributed by atoms with van der Waals surface area (Å²) in [6, 6.07) is -0.0476. The molecule has 6 nitrogen and oxygen atoms in total. The van der Waals surface area contributed by atoms with Gasteiger partial charge in [0, 0.05) is 31.6 Å². The lowest BCUT2D eigenvalue weighted by molar-refractivity contribution is -0.140. The van der Waals surface area contributed by atoms with Crippen molar-refractivity contribution >= 4 is 5.91 Å². The van der Waals surface area contributed by atoms with Gasteiger partial charge in [0.1, 0.15) is 0 Å². The van der Waals surface area contributed by atoms with E-state index in [-0.39, 0.29) is 23.8 Å². The normalized spacial score (nSPS) is 24.3. The Hall–Kier alpha value is -1.43. The molecule has 140 valence electrons. The summed E-state index contributed by atoms with van der Waals surface area (Å²) in [5.74, 6) is 2.23. The lowest BCUT2D eigenvalue weighted by Gasteiger charge is -2.34. The van der Waals surface area contributed by atoms with Gasteiger partial charge in [-0.05, 0) is 31.6 Å². The van der Waals surface area contributed by atoms with Gasteiger partial charge in [0.2, 0.25) is 11.8 Å². The Kier molecular flexibility index (Phi) is 6.10. The summed E-state index contributed by atoms with van der Waals surface area (Å²) in [5, 5.41) is 4.21. The summed E-state index contributed by atoms with van der Waals surface area (Å²) in [6.07, 6.45) is 6.18. The van der Waals surface area contributed by atoms with Crippen molar-refractivity contribution in [3.05, 3.63) is 11.7 Å². The van der Waals surface area contributed by atoms with Crippen molar-refractivity contribution in [2.75, 3.05) is 19.8 Å². The highest BCUT2D eigenvalue weighted by Gasteiger charge is 2.35. The molecule has 1 aromatic rings. The Labute approximate surface area is 150 Å². The zero-order valence-electron chi connectivity index (χ0n) is 15.7. The van der Waals surface area contributed by atoms with E-state index in [1.807, 2.05) is 18.7 Å². The third-order valence-electron chi connectivity index (χ3n) is 5.65. The molecule has 6 heteroatoms. The smallest absolute Gasteiger partial charge is 0.229 e. The first-order chi connectivity index (χ1) is 12.1. The molecule has 2 aliphatic rings. The van der Waals surface area contributed by atoms with Gasteiger partial charge in [-0.3, -0.25) is 4.79 Å². The van der Waals surface area contributed by atoms with E-state index >= 15 is 0 Å². The molecule has 0 saturated carbocycles. The number of hydrogen-bond acceptors (Lipinski definition) is 5. The SMILES string of the molecule is CC(C)c1nc(C2CCCCCN2C(=O)C(C)C2CCOCC2)no1. The third-order valence-corrected chi connectivity index (χ3v) is 5.65. The average molecular weight is 349 g/mol. The monoisotopic (exact) mass is 349 g/mol. The van der Waals surface area contributed by atoms with Gasteiger partial charge in [-0.15, -0.1) is 0 Å². The predicted molar refractivity (Wildman–Crippen MR) is 94.0 cm³/mol. The molecule has 2 fully saturated rings. The van der Waals surface area contributed by atoms with Crippen LogP contribution < -0.4 is 0 Å². The zero-order chi connectivity index (χ0) is 17.8. The maximum absolute atomic E-state index is 13.3. The molecule has 3 rings (SSSR count). The molecule has 2 atom stereocenters. The molecule has 0 aliphatic carbocycles. The first-order valence-corrected chi connectivity index (χ1v) is 9.79. The molecule has 0 spiro atoms. The Morgan fingerprint density at radius 1 is 1.12 bits per heavy atom. The number of carbonyl (C=O) groups is 1. The molecule has 2 saturated heterocycles. The van der Waals surface area contributed by atoms with Gasteiger partial charge >= 0.3 is 0 Å². The predicted octanol–water partition coefficient (Wildman–Crippen LogP) is 3.70. The Balaban J connectivity index is 1.78. The van der Waals surface area contributed by atoms with E-state index in [0.29, 0.717) is 17.6 Å². The third kappa shape index (κ3) is 4.22. The van der Waals surface area contributed by atoms with E-state index in [2.05, 4.69) is 17.1 Å². The minimum Gasteiger partial charge on any atom is -0.381 e. The fraction of sp³-hybridized carbons (Fsp3) is 0.842. The number of nitrogens with zero attached hydrogens (tertiary/aromatic N) is 3. The van der Waals surface area contributed by atoms with Crippen molar-refractivity contribution in [1.82, 2.24) is 15.0 Å². The molecule has 0 N–H and O–H groups in total. The number of amides is 1. The van der Waals surface area contributed by atoms with Crippen LogP contribution in [0.3, 0.4) is 0 Å². The summed E-state index contributed by atoms with van der Waals surface area (Å²) in [6.45, 7) is 8.50. The molecule has 2 aliphatic heterocycles. The summed E-state index contributed by atoms with van der Waals surface area (Å²) >= 11 is 0. The van der Waals surface area contributed by atoms with Crippen LogP contribution in [0.25, 0.3) is 0 Å². The van der Waals surface area contributed by atoms with E-state index in [1.165, 1.54) is 0 Å². The lowest BCUT2D eigenvalue weighted by Crippen LogP contribution is -2.41. The number of carbonyl (C=O) groups excluding carboxylic acids is 1. The van der Waals surface area contributed by atoms with Crippen molar-refractivity contribution in [2.24, 2.45) is 11.8 Å². The Bertz CT molecular complexity index is 566. The molecule has 25 heavy (non-hydrogen) atoms. The highest BCUT2D eigenvalue weighted by molar-refractivity contribution is 5.79. The largest absolute Gasteiger partial charge is 0.381 e. The molecule has 0 aromatic carbocycles. The highest BCUT2D eigenvalue weighted by Crippen LogP contribution is 2.33. The number of ether oxygens (including phenoxy) is 1. The second-order valence-electron chi connectivity index (χ2n) is 7.78. The van der Waals surface area contributed by atoms with Crippen molar-refractivity contribution in [1.29, 1.82) is 0 Å². The standard InChI is InChI=1S/C19H31N3O3/c1-13(2)18-20-17(21-25-18)16-7-5-4-6-10-22(16)19(23)14(3)15-8-11-24-12-9-15/h13-16H,4-12H2,1-3H3. The van der Waals surface area contributed by atoms with E-state index in [9.17, 15) is 4.79 Å². The number of hydrogen-bond donors (Lipinski definition) is 0. The van der Waals surface area contributed by atoms with Crippen LogP contribution in [0.1, 0.15) is 83.0 Å². The van der Waals surface area contributed by atoms with Gasteiger partial charge in [-0.25, -0.2) is 0 Å². The zero-order valence-corrected chi connectivity index (χ0v) is 15.7. The second-order valence-corrected chi connectivity index (χ2v) is 7.78. The molecule has 1 amide bonds. The molecule has 3 heterocycles. The number of rotatable bonds is 4. The Morgan fingerprint density at radius 3 is 2.56 bits per heavy atom. The quantitative estimate of drug-likeness (QED) is 0.829. The second kappa shape index (κ2) is 8.30. The van der Waals surface area contributed by atoms with Crippen LogP contribution in [-0.2, 0) is 9.53 Å². The summed E-state index contributed by atoms with van der Waals surface area (Å²) in [5.41, 5.74) is 0. The maximum Gasteiger partial charge on any atom is 0.229 e. The minimum absolute atomic E-state index is 0.0287.